The zero-order valence-corrected chi connectivity index (χ0v) is 19.3. The highest BCUT2D eigenvalue weighted by Gasteiger charge is 2.23. The van der Waals surface area contributed by atoms with Crippen LogP contribution in [0, 0.1) is 12.8 Å². The van der Waals surface area contributed by atoms with Gasteiger partial charge in [0.15, 0.2) is 0 Å². The van der Waals surface area contributed by atoms with Gasteiger partial charge in [-0.15, -0.1) is 11.3 Å². The molecule has 6 nitrogen and oxygen atoms in total. The first-order chi connectivity index (χ1) is 14.0. The zero-order valence-electron chi connectivity index (χ0n) is 18.5. The van der Waals surface area contributed by atoms with Crippen LogP contribution in [0.5, 0.6) is 0 Å². The van der Waals surface area contributed by atoms with Gasteiger partial charge in [-0.25, -0.2) is 4.98 Å². The highest BCUT2D eigenvalue weighted by molar-refractivity contribution is 7.17. The van der Waals surface area contributed by atoms with Crippen molar-refractivity contribution in [1.82, 2.24) is 15.3 Å². The van der Waals surface area contributed by atoms with Gasteiger partial charge < -0.3 is 15.2 Å². The molecule has 30 heavy (non-hydrogen) atoms. The minimum atomic E-state index is -0.244. The van der Waals surface area contributed by atoms with Crippen LogP contribution in [0.15, 0.2) is 35.1 Å². The standard InChI is InChI=1S/C23H30N4O2S/c1-14(2)12-23(4,5)26-22(29)19-9-10-20(30-19)27(6)13-16-7-8-18-17(11-16)21(28)25-15(3)24-18/h7-11,14H,12-13H2,1-6H3,(H,26,29)(H,24,25,28). The Hall–Kier alpha value is -2.67. The fourth-order valence-electron chi connectivity index (χ4n) is 3.85. The molecule has 2 heterocycles. The Bertz CT molecular complexity index is 1110. The number of aromatic nitrogens is 2. The summed E-state index contributed by atoms with van der Waals surface area (Å²) in [5.74, 6) is 1.08. The molecule has 0 saturated heterocycles. The molecule has 160 valence electrons. The van der Waals surface area contributed by atoms with Crippen LogP contribution in [0.4, 0.5) is 5.00 Å². The summed E-state index contributed by atoms with van der Waals surface area (Å²) in [5, 5.41) is 4.73. The summed E-state index contributed by atoms with van der Waals surface area (Å²) in [5.41, 5.74) is 1.34. The first kappa shape index (κ1) is 22.0. The number of fused-ring (bicyclic) bond motifs is 1. The topological polar surface area (TPSA) is 78.1 Å². The minimum absolute atomic E-state index is 0.0380. The molecule has 0 radical (unpaired) electrons. The monoisotopic (exact) mass is 426 g/mol. The largest absolute Gasteiger partial charge is 0.362 e. The van der Waals surface area contributed by atoms with Crippen LogP contribution >= 0.6 is 11.3 Å². The van der Waals surface area contributed by atoms with E-state index in [-0.39, 0.29) is 17.0 Å². The first-order valence-corrected chi connectivity index (χ1v) is 11.0. The van der Waals surface area contributed by atoms with Crippen LogP contribution in [-0.2, 0) is 6.54 Å². The third-order valence-corrected chi connectivity index (χ3v) is 6.07. The number of rotatable bonds is 7. The van der Waals surface area contributed by atoms with Crippen LogP contribution < -0.4 is 15.8 Å². The Kier molecular flexibility index (Phi) is 6.31. The Morgan fingerprint density at radius 1 is 1.27 bits per heavy atom. The molecule has 2 N–H and O–H groups in total. The molecule has 0 bridgehead atoms. The molecule has 7 heteroatoms. The summed E-state index contributed by atoms with van der Waals surface area (Å²) in [6, 6.07) is 9.58. The lowest BCUT2D eigenvalue weighted by molar-refractivity contribution is 0.0908. The maximum absolute atomic E-state index is 12.7. The maximum atomic E-state index is 12.7. The Labute approximate surface area is 181 Å². The minimum Gasteiger partial charge on any atom is -0.362 e. The molecule has 0 atom stereocenters. The van der Waals surface area contributed by atoms with Gasteiger partial charge in [-0.2, -0.15) is 0 Å². The predicted octanol–water partition coefficient (Wildman–Crippen LogP) is 4.48. The van der Waals surface area contributed by atoms with Gasteiger partial charge >= 0.3 is 0 Å². The van der Waals surface area contributed by atoms with Crippen molar-refractivity contribution in [1.29, 1.82) is 0 Å². The maximum Gasteiger partial charge on any atom is 0.261 e. The van der Waals surface area contributed by atoms with Gasteiger partial charge in [-0.3, -0.25) is 9.59 Å². The summed E-state index contributed by atoms with van der Waals surface area (Å²) < 4.78 is 0. The molecule has 0 aliphatic heterocycles. The van der Waals surface area contributed by atoms with E-state index in [1.54, 1.807) is 6.92 Å². The van der Waals surface area contributed by atoms with Crippen LogP contribution in [0.2, 0.25) is 0 Å². The normalized spacial score (nSPS) is 11.8. The van der Waals surface area contributed by atoms with Gasteiger partial charge in [-0.05, 0) is 62.9 Å². The fourth-order valence-corrected chi connectivity index (χ4v) is 4.71. The SMILES string of the molecule is Cc1nc2ccc(CN(C)c3ccc(C(=O)NC(C)(C)CC(C)C)s3)cc2c(=O)[nH]1. The number of carbonyl (C=O) groups is 1. The first-order valence-electron chi connectivity index (χ1n) is 10.2. The molecule has 3 rings (SSSR count). The molecule has 0 unspecified atom stereocenters. The number of nitrogens with zero attached hydrogens (tertiary/aromatic N) is 2. The third kappa shape index (κ3) is 5.27. The number of hydrogen-bond acceptors (Lipinski definition) is 5. The van der Waals surface area contributed by atoms with E-state index in [1.807, 2.05) is 37.4 Å². The molecular formula is C23H30N4O2S. The molecule has 1 aromatic carbocycles. The van der Waals surface area contributed by atoms with E-state index in [0.717, 1.165) is 17.0 Å². The lowest BCUT2D eigenvalue weighted by Crippen LogP contribution is -2.44. The Balaban J connectivity index is 1.72. The number of nitrogens with one attached hydrogen (secondary N) is 2. The summed E-state index contributed by atoms with van der Waals surface area (Å²) in [6.45, 7) is 10.8. The second-order valence-corrected chi connectivity index (χ2v) is 9.99. The summed E-state index contributed by atoms with van der Waals surface area (Å²) in [4.78, 5) is 34.8. The van der Waals surface area contributed by atoms with Gasteiger partial charge in [-0.1, -0.05) is 19.9 Å². The summed E-state index contributed by atoms with van der Waals surface area (Å²) in [6.07, 6.45) is 0.923. The highest BCUT2D eigenvalue weighted by Crippen LogP contribution is 2.27. The van der Waals surface area contributed by atoms with Crippen molar-refractivity contribution in [2.75, 3.05) is 11.9 Å². The predicted molar refractivity (Wildman–Crippen MR) is 125 cm³/mol. The van der Waals surface area contributed by atoms with Gasteiger partial charge in [0.05, 0.1) is 20.8 Å². The lowest BCUT2D eigenvalue weighted by atomic mass is 9.93. The molecule has 0 saturated carbocycles. The number of hydrogen-bond donors (Lipinski definition) is 2. The van der Waals surface area contributed by atoms with Crippen molar-refractivity contribution in [2.45, 2.75) is 53.1 Å². The molecule has 3 aromatic rings. The van der Waals surface area contributed by atoms with Crippen molar-refractivity contribution in [3.8, 4) is 0 Å². The molecule has 0 fully saturated rings. The zero-order chi connectivity index (χ0) is 22.1. The van der Waals surface area contributed by atoms with Crippen LogP contribution in [0.3, 0.4) is 0 Å². The number of carbonyl (C=O) groups excluding carboxylic acids is 1. The van der Waals surface area contributed by atoms with Gasteiger partial charge in [0, 0.05) is 19.1 Å². The van der Waals surface area contributed by atoms with Crippen molar-refractivity contribution < 1.29 is 4.79 Å². The number of benzene rings is 1. The van der Waals surface area contributed by atoms with Crippen molar-refractivity contribution in [2.24, 2.45) is 5.92 Å². The Morgan fingerprint density at radius 3 is 2.70 bits per heavy atom. The average Bonchev–Trinajstić information content (AvgIpc) is 3.11. The summed E-state index contributed by atoms with van der Waals surface area (Å²) in [7, 11) is 1.98. The number of amides is 1. The second-order valence-electron chi connectivity index (χ2n) is 8.93. The third-order valence-electron chi connectivity index (χ3n) is 4.87. The van der Waals surface area contributed by atoms with Crippen LogP contribution in [0.1, 0.15) is 55.2 Å². The second kappa shape index (κ2) is 8.60. The van der Waals surface area contributed by atoms with Crippen LogP contribution in [-0.4, -0.2) is 28.5 Å². The number of anilines is 1. The Morgan fingerprint density at radius 2 is 2.00 bits per heavy atom. The van der Waals surface area contributed by atoms with Gasteiger partial charge in [0.1, 0.15) is 5.82 Å². The van der Waals surface area contributed by atoms with E-state index in [0.29, 0.717) is 34.1 Å². The van der Waals surface area contributed by atoms with E-state index in [9.17, 15) is 9.59 Å². The average molecular weight is 427 g/mol. The molecular weight excluding hydrogens is 396 g/mol. The van der Waals surface area contributed by atoms with Crippen molar-refractivity contribution in [3.05, 3.63) is 57.0 Å². The fraction of sp³-hybridized carbons (Fsp3) is 0.435. The molecule has 0 aliphatic carbocycles. The number of thiophene rings is 1. The smallest absolute Gasteiger partial charge is 0.261 e. The number of aryl methyl sites for hydroxylation is 1. The van der Waals surface area contributed by atoms with Crippen molar-refractivity contribution >= 4 is 33.1 Å². The van der Waals surface area contributed by atoms with Crippen LogP contribution in [0.25, 0.3) is 10.9 Å². The molecule has 0 spiro atoms. The van der Waals surface area contributed by atoms with E-state index < -0.39 is 0 Å². The number of aromatic amines is 1. The van der Waals surface area contributed by atoms with Crippen molar-refractivity contribution in [3.63, 3.8) is 0 Å². The van der Waals surface area contributed by atoms with Gasteiger partial charge in [0.2, 0.25) is 0 Å². The molecule has 0 aliphatic rings. The quantitative estimate of drug-likeness (QED) is 0.584. The van der Waals surface area contributed by atoms with E-state index >= 15 is 0 Å². The molecule has 1 amide bonds. The number of H-pyrrole nitrogens is 1. The summed E-state index contributed by atoms with van der Waals surface area (Å²) >= 11 is 1.47. The lowest BCUT2D eigenvalue weighted by Gasteiger charge is -2.27. The van der Waals surface area contributed by atoms with E-state index in [2.05, 4.69) is 47.9 Å². The van der Waals surface area contributed by atoms with Gasteiger partial charge in [0.25, 0.3) is 11.5 Å². The van der Waals surface area contributed by atoms with E-state index in [4.69, 9.17) is 0 Å². The highest BCUT2D eigenvalue weighted by atomic mass is 32.1. The van der Waals surface area contributed by atoms with E-state index in [1.165, 1.54) is 11.3 Å². The molecule has 2 aromatic heterocycles.